The van der Waals surface area contributed by atoms with Crippen molar-refractivity contribution in [2.45, 2.75) is 52.5 Å². The van der Waals surface area contributed by atoms with Gasteiger partial charge in [-0.25, -0.2) is 0 Å². The minimum absolute atomic E-state index is 0.106. The van der Waals surface area contributed by atoms with Crippen molar-refractivity contribution in [1.29, 1.82) is 5.26 Å². The summed E-state index contributed by atoms with van der Waals surface area (Å²) in [4.78, 5) is 12.5. The highest BCUT2D eigenvalue weighted by Gasteiger charge is 2.24. The van der Waals surface area contributed by atoms with E-state index in [2.05, 4.69) is 12.2 Å². The van der Waals surface area contributed by atoms with E-state index in [1.165, 1.54) is 6.42 Å². The first-order valence-electron chi connectivity index (χ1n) is 9.41. The van der Waals surface area contributed by atoms with Crippen LogP contribution >= 0.6 is 0 Å². The Hall–Kier alpha value is -2.48. The molecule has 1 aromatic carbocycles. The van der Waals surface area contributed by atoms with Crippen LogP contribution in [0.25, 0.3) is 6.08 Å². The van der Waals surface area contributed by atoms with Gasteiger partial charge in [0.15, 0.2) is 11.5 Å². The molecule has 140 valence electrons. The van der Waals surface area contributed by atoms with Gasteiger partial charge < -0.3 is 14.8 Å². The third-order valence-electron chi connectivity index (χ3n) is 4.67. The lowest BCUT2D eigenvalue weighted by atomic mass is 9.86. The van der Waals surface area contributed by atoms with Crippen LogP contribution in [0.2, 0.25) is 0 Å². The highest BCUT2D eigenvalue weighted by Crippen LogP contribution is 2.29. The van der Waals surface area contributed by atoms with Crippen molar-refractivity contribution in [2.24, 2.45) is 5.92 Å². The van der Waals surface area contributed by atoms with Gasteiger partial charge in [-0.3, -0.25) is 4.79 Å². The maximum absolute atomic E-state index is 12.5. The largest absolute Gasteiger partial charge is 0.490 e. The Balaban J connectivity index is 2.17. The molecule has 1 N–H and O–H groups in total. The molecule has 0 heterocycles. The van der Waals surface area contributed by atoms with Crippen LogP contribution in [0.5, 0.6) is 11.5 Å². The van der Waals surface area contributed by atoms with E-state index in [1.807, 2.05) is 26.0 Å². The molecule has 0 aromatic heterocycles. The highest BCUT2D eigenvalue weighted by molar-refractivity contribution is 6.01. The molecule has 0 aliphatic heterocycles. The van der Waals surface area contributed by atoms with E-state index < -0.39 is 0 Å². The summed E-state index contributed by atoms with van der Waals surface area (Å²) in [5, 5.41) is 12.5. The van der Waals surface area contributed by atoms with Crippen LogP contribution in [0, 0.1) is 17.2 Å². The zero-order valence-electron chi connectivity index (χ0n) is 15.9. The maximum Gasteiger partial charge on any atom is 0.262 e. The fourth-order valence-electron chi connectivity index (χ4n) is 3.25. The molecule has 2 atom stereocenters. The van der Waals surface area contributed by atoms with Crippen LogP contribution in [0.1, 0.15) is 52.0 Å². The molecule has 0 saturated heterocycles. The first-order valence-corrected chi connectivity index (χ1v) is 9.41. The van der Waals surface area contributed by atoms with Gasteiger partial charge in [0.1, 0.15) is 11.6 Å². The average molecular weight is 356 g/mol. The van der Waals surface area contributed by atoms with Crippen molar-refractivity contribution in [3.05, 3.63) is 29.3 Å². The standard InChI is InChI=1S/C21H28N2O3/c1-4-25-19-11-10-16(13-20(19)26-5-2)12-17(14-22)21(24)23-18-9-7-6-8-15(18)3/h10-13,15,18H,4-9H2,1-3H3,(H,23,24)/b17-12+/t15-,18+/m1/s1. The number of rotatable bonds is 7. The van der Waals surface area contributed by atoms with Gasteiger partial charge in [0, 0.05) is 6.04 Å². The molecule has 26 heavy (non-hydrogen) atoms. The lowest BCUT2D eigenvalue weighted by molar-refractivity contribution is -0.118. The number of hydrogen-bond donors (Lipinski definition) is 1. The van der Waals surface area contributed by atoms with E-state index >= 15 is 0 Å². The molecule has 1 fully saturated rings. The number of ether oxygens (including phenoxy) is 2. The number of carbonyl (C=O) groups is 1. The molecule has 1 aromatic rings. The zero-order valence-corrected chi connectivity index (χ0v) is 15.9. The van der Waals surface area contributed by atoms with E-state index in [9.17, 15) is 10.1 Å². The fraction of sp³-hybridized carbons (Fsp3) is 0.524. The molecule has 1 aliphatic rings. The minimum atomic E-state index is -0.307. The van der Waals surface area contributed by atoms with Crippen LogP contribution < -0.4 is 14.8 Å². The van der Waals surface area contributed by atoms with Crippen molar-refractivity contribution in [3.8, 4) is 17.6 Å². The quantitative estimate of drug-likeness (QED) is 0.590. The first kappa shape index (κ1) is 19.8. The topological polar surface area (TPSA) is 71.3 Å². The number of nitrogens with one attached hydrogen (secondary N) is 1. The summed E-state index contributed by atoms with van der Waals surface area (Å²) in [5.74, 6) is 1.41. The third-order valence-corrected chi connectivity index (χ3v) is 4.67. The van der Waals surface area contributed by atoms with Crippen molar-refractivity contribution < 1.29 is 14.3 Å². The molecule has 0 unspecified atom stereocenters. The lowest BCUT2D eigenvalue weighted by Crippen LogP contribution is -2.41. The molecular formula is C21H28N2O3. The Bertz CT molecular complexity index is 691. The van der Waals surface area contributed by atoms with Gasteiger partial charge in [-0.1, -0.05) is 25.8 Å². The van der Waals surface area contributed by atoms with Crippen LogP contribution in [0.4, 0.5) is 0 Å². The number of amides is 1. The molecule has 1 aliphatic carbocycles. The molecule has 1 amide bonds. The Morgan fingerprint density at radius 1 is 1.23 bits per heavy atom. The summed E-state index contributed by atoms with van der Waals surface area (Å²) >= 11 is 0. The van der Waals surface area contributed by atoms with Gasteiger partial charge in [-0.15, -0.1) is 0 Å². The SMILES string of the molecule is CCOc1ccc(/C=C(\C#N)C(=O)N[C@H]2CCCC[C@H]2C)cc1OCC. The molecule has 0 radical (unpaired) electrons. The van der Waals surface area contributed by atoms with Gasteiger partial charge in [0.05, 0.1) is 13.2 Å². The molecule has 1 saturated carbocycles. The minimum Gasteiger partial charge on any atom is -0.490 e. The van der Waals surface area contributed by atoms with E-state index in [0.29, 0.717) is 30.6 Å². The summed E-state index contributed by atoms with van der Waals surface area (Å²) < 4.78 is 11.1. The smallest absolute Gasteiger partial charge is 0.262 e. The monoisotopic (exact) mass is 356 g/mol. The Labute approximate surface area is 156 Å². The van der Waals surface area contributed by atoms with E-state index in [-0.39, 0.29) is 17.5 Å². The second-order valence-electron chi connectivity index (χ2n) is 6.58. The number of nitrogens with zero attached hydrogens (tertiary/aromatic N) is 1. The molecular weight excluding hydrogens is 328 g/mol. The summed E-state index contributed by atoms with van der Waals surface area (Å²) in [7, 11) is 0. The fourth-order valence-corrected chi connectivity index (χ4v) is 3.25. The van der Waals surface area contributed by atoms with Gasteiger partial charge in [0.25, 0.3) is 5.91 Å². The molecule has 2 rings (SSSR count). The number of carbonyl (C=O) groups excluding carboxylic acids is 1. The van der Waals surface area contributed by atoms with Crippen molar-refractivity contribution >= 4 is 12.0 Å². The zero-order chi connectivity index (χ0) is 18.9. The number of benzene rings is 1. The normalized spacial score (nSPS) is 20.2. The third kappa shape index (κ3) is 5.26. The Morgan fingerprint density at radius 2 is 1.92 bits per heavy atom. The summed E-state index contributed by atoms with van der Waals surface area (Å²) in [6, 6.07) is 7.59. The van der Waals surface area contributed by atoms with Crippen molar-refractivity contribution in [1.82, 2.24) is 5.32 Å². The average Bonchev–Trinajstić information content (AvgIpc) is 2.64. The van der Waals surface area contributed by atoms with Gasteiger partial charge in [-0.05, 0) is 56.4 Å². The number of hydrogen-bond acceptors (Lipinski definition) is 4. The second kappa shape index (κ2) is 9.86. The van der Waals surface area contributed by atoms with Crippen molar-refractivity contribution in [3.63, 3.8) is 0 Å². The summed E-state index contributed by atoms with van der Waals surface area (Å²) in [5.41, 5.74) is 0.842. The molecule has 0 spiro atoms. The summed E-state index contributed by atoms with van der Waals surface area (Å²) in [6.45, 7) is 7.02. The Kier molecular flexibility index (Phi) is 7.53. The first-order chi connectivity index (χ1) is 12.6. The van der Waals surface area contributed by atoms with E-state index in [1.54, 1.807) is 18.2 Å². The van der Waals surface area contributed by atoms with Gasteiger partial charge in [-0.2, -0.15) is 5.26 Å². The van der Waals surface area contributed by atoms with Gasteiger partial charge >= 0.3 is 0 Å². The van der Waals surface area contributed by atoms with Crippen LogP contribution in [0.3, 0.4) is 0 Å². The van der Waals surface area contributed by atoms with Crippen LogP contribution in [-0.4, -0.2) is 25.2 Å². The predicted molar refractivity (Wildman–Crippen MR) is 102 cm³/mol. The molecule has 5 heteroatoms. The summed E-state index contributed by atoms with van der Waals surface area (Å²) in [6.07, 6.45) is 6.02. The Morgan fingerprint density at radius 3 is 2.58 bits per heavy atom. The molecule has 5 nitrogen and oxygen atoms in total. The van der Waals surface area contributed by atoms with E-state index in [4.69, 9.17) is 9.47 Å². The highest BCUT2D eigenvalue weighted by atomic mass is 16.5. The van der Waals surface area contributed by atoms with Gasteiger partial charge in [0.2, 0.25) is 0 Å². The van der Waals surface area contributed by atoms with Crippen LogP contribution in [-0.2, 0) is 4.79 Å². The molecule has 0 bridgehead atoms. The maximum atomic E-state index is 12.5. The van der Waals surface area contributed by atoms with Crippen molar-refractivity contribution in [2.75, 3.05) is 13.2 Å². The second-order valence-corrected chi connectivity index (χ2v) is 6.58. The lowest BCUT2D eigenvalue weighted by Gasteiger charge is -2.29. The predicted octanol–water partition coefficient (Wildman–Crippen LogP) is 4.09. The van der Waals surface area contributed by atoms with E-state index in [0.717, 1.165) is 24.8 Å². The van der Waals surface area contributed by atoms with Crippen LogP contribution in [0.15, 0.2) is 23.8 Å². The number of nitriles is 1.